The molecule has 2 saturated heterocycles. The fourth-order valence-electron chi connectivity index (χ4n) is 4.16. The quantitative estimate of drug-likeness (QED) is 0.521. The van der Waals surface area contributed by atoms with E-state index in [1.165, 1.54) is 6.42 Å². The highest BCUT2D eigenvalue weighted by Crippen LogP contribution is 2.13. The van der Waals surface area contributed by atoms with E-state index < -0.39 is 11.9 Å². The van der Waals surface area contributed by atoms with E-state index in [2.05, 4.69) is 49.0 Å². The van der Waals surface area contributed by atoms with Crippen LogP contribution in [-0.2, 0) is 4.79 Å². The molecule has 4 atom stereocenters. The van der Waals surface area contributed by atoms with Crippen molar-refractivity contribution in [1.82, 2.24) is 19.6 Å². The van der Waals surface area contributed by atoms with Gasteiger partial charge >= 0.3 is 5.97 Å². The lowest BCUT2D eigenvalue weighted by molar-refractivity contribution is -0.142. The Morgan fingerprint density at radius 1 is 1.00 bits per heavy atom. The van der Waals surface area contributed by atoms with Crippen LogP contribution in [0, 0.1) is 5.92 Å². The van der Waals surface area contributed by atoms with Gasteiger partial charge in [-0.05, 0) is 71.6 Å². The molecule has 0 aromatic heterocycles. The second kappa shape index (κ2) is 12.6. The van der Waals surface area contributed by atoms with E-state index in [9.17, 15) is 9.90 Å². The number of carboxylic acids is 1. The maximum absolute atomic E-state index is 11.8. The lowest BCUT2D eigenvalue weighted by Crippen LogP contribution is -2.47. The highest BCUT2D eigenvalue weighted by molar-refractivity contribution is 7.78. The van der Waals surface area contributed by atoms with Crippen molar-refractivity contribution < 1.29 is 9.90 Å². The van der Waals surface area contributed by atoms with Gasteiger partial charge in [-0.25, -0.2) is 4.99 Å². The minimum atomic E-state index is -0.737. The number of isothiocyanates is 1. The van der Waals surface area contributed by atoms with Gasteiger partial charge in [0, 0.05) is 45.8 Å². The van der Waals surface area contributed by atoms with Crippen LogP contribution in [0.1, 0.15) is 26.2 Å². The van der Waals surface area contributed by atoms with Crippen molar-refractivity contribution in [3.63, 3.8) is 0 Å². The molecule has 2 rings (SSSR count). The van der Waals surface area contributed by atoms with Crippen molar-refractivity contribution in [3.8, 4) is 0 Å². The second-order valence-corrected chi connectivity index (χ2v) is 8.52. The van der Waals surface area contributed by atoms with Crippen LogP contribution in [0.4, 0.5) is 0 Å². The summed E-state index contributed by atoms with van der Waals surface area (Å²) in [5.74, 6) is -1.15. The molecular formula is C20H37N5O2S. The van der Waals surface area contributed by atoms with Gasteiger partial charge in [-0.15, -0.1) is 0 Å². The number of nitrogens with zero attached hydrogens (tertiary/aromatic N) is 5. The predicted molar refractivity (Wildman–Crippen MR) is 116 cm³/mol. The maximum atomic E-state index is 11.8. The monoisotopic (exact) mass is 411 g/mol. The summed E-state index contributed by atoms with van der Waals surface area (Å²) in [7, 11) is 2.22. The summed E-state index contributed by atoms with van der Waals surface area (Å²) in [4.78, 5) is 25.8. The van der Waals surface area contributed by atoms with Gasteiger partial charge in [0.2, 0.25) is 0 Å². The van der Waals surface area contributed by atoms with Gasteiger partial charge in [0.1, 0.15) is 0 Å². The minimum absolute atomic E-state index is 0.0961. The number of fused-ring (bicyclic) bond motifs is 3. The molecule has 2 bridgehead atoms. The lowest BCUT2D eigenvalue weighted by atomic mass is 10.00. The molecule has 160 valence electrons. The Hall–Kier alpha value is -0.890. The number of aliphatic carboxylic acids is 1. The number of likely N-dealkylation sites (N-methyl/N-ethyl adjacent to an activating group) is 1. The molecule has 0 radical (unpaired) electrons. The normalized spacial score (nSPS) is 28.1. The first-order valence-electron chi connectivity index (χ1n) is 10.6. The number of rotatable bonds is 6. The second-order valence-electron chi connectivity index (χ2n) is 8.33. The summed E-state index contributed by atoms with van der Waals surface area (Å²) >= 11 is 4.66. The Morgan fingerprint density at radius 3 is 2.25 bits per heavy atom. The highest BCUT2D eigenvalue weighted by Gasteiger charge is 2.24. The van der Waals surface area contributed by atoms with Crippen LogP contribution in [0.5, 0.6) is 0 Å². The predicted octanol–water partition coefficient (Wildman–Crippen LogP) is 1.21. The molecule has 0 saturated carbocycles. The lowest BCUT2D eigenvalue weighted by Gasteiger charge is -2.35. The van der Waals surface area contributed by atoms with Crippen LogP contribution in [-0.4, -0.2) is 121 Å². The molecule has 4 unspecified atom stereocenters. The van der Waals surface area contributed by atoms with Crippen molar-refractivity contribution in [2.45, 2.75) is 32.2 Å². The van der Waals surface area contributed by atoms with E-state index in [-0.39, 0.29) is 6.04 Å². The van der Waals surface area contributed by atoms with Crippen molar-refractivity contribution in [1.29, 1.82) is 0 Å². The first-order chi connectivity index (χ1) is 13.5. The zero-order chi connectivity index (χ0) is 20.4. The first-order valence-corrected chi connectivity index (χ1v) is 11.0. The third-order valence-corrected chi connectivity index (χ3v) is 6.06. The average molecular weight is 412 g/mol. The summed E-state index contributed by atoms with van der Waals surface area (Å²) in [5.41, 5.74) is 0. The van der Waals surface area contributed by atoms with E-state index >= 15 is 0 Å². The van der Waals surface area contributed by atoms with Crippen molar-refractivity contribution in [2.24, 2.45) is 10.9 Å². The van der Waals surface area contributed by atoms with E-state index in [1.807, 2.05) is 6.92 Å². The molecule has 2 heterocycles. The van der Waals surface area contributed by atoms with Gasteiger partial charge < -0.3 is 24.7 Å². The fraction of sp³-hybridized carbons (Fsp3) is 0.900. The van der Waals surface area contributed by atoms with Gasteiger partial charge in [0.05, 0.1) is 17.1 Å². The third kappa shape index (κ3) is 8.64. The Balaban J connectivity index is 1.99. The van der Waals surface area contributed by atoms with E-state index in [1.54, 1.807) is 0 Å². The number of hydrogen-bond donors (Lipinski definition) is 1. The Kier molecular flexibility index (Phi) is 10.5. The summed E-state index contributed by atoms with van der Waals surface area (Å²) in [6.07, 6.45) is 2.79. The molecule has 1 N–H and O–H groups in total. The molecule has 28 heavy (non-hydrogen) atoms. The molecule has 2 fully saturated rings. The zero-order valence-corrected chi connectivity index (χ0v) is 18.4. The largest absolute Gasteiger partial charge is 0.481 e. The number of carbonyl (C=O) groups is 1. The number of thiocarbonyl (C=S) groups is 1. The summed E-state index contributed by atoms with van der Waals surface area (Å²) < 4.78 is 0. The molecule has 2 aliphatic heterocycles. The van der Waals surface area contributed by atoms with Gasteiger partial charge in [0.15, 0.2) is 0 Å². The molecular weight excluding hydrogens is 374 g/mol. The van der Waals surface area contributed by atoms with E-state index in [0.29, 0.717) is 13.0 Å². The summed E-state index contributed by atoms with van der Waals surface area (Å²) in [6.45, 7) is 13.2. The molecule has 7 nitrogen and oxygen atoms in total. The standard InChI is InChI=1S/C20H37N5O2S/c1-18(21-17-28)15-19(20(26)27)16-25-8-4-7-23-10-9-22(2)5-3-6-24(12-11-23)13-14-25/h18-19H,3-16H2,1-2H3,(H,26,27). The van der Waals surface area contributed by atoms with Crippen molar-refractivity contribution in [3.05, 3.63) is 0 Å². The number of aliphatic imine (C=N–C) groups is 1. The van der Waals surface area contributed by atoms with Crippen LogP contribution in [0.25, 0.3) is 0 Å². The number of carboxylic acid groups (broad SMARTS) is 1. The summed E-state index contributed by atoms with van der Waals surface area (Å²) in [5, 5.41) is 12.1. The summed E-state index contributed by atoms with van der Waals surface area (Å²) in [6, 6.07) is -0.0961. The Bertz CT molecular complexity index is 529. The van der Waals surface area contributed by atoms with E-state index in [0.717, 1.165) is 71.9 Å². The van der Waals surface area contributed by atoms with Crippen molar-refractivity contribution >= 4 is 23.3 Å². The van der Waals surface area contributed by atoms with Crippen molar-refractivity contribution in [2.75, 3.05) is 79.0 Å². The molecule has 8 heteroatoms. The number of hydrogen-bond acceptors (Lipinski definition) is 7. The Labute approximate surface area is 175 Å². The van der Waals surface area contributed by atoms with Crippen LogP contribution < -0.4 is 0 Å². The topological polar surface area (TPSA) is 62.6 Å². The smallest absolute Gasteiger partial charge is 0.307 e. The molecule has 0 amide bonds. The van der Waals surface area contributed by atoms with Crippen LogP contribution in [0.3, 0.4) is 0 Å². The highest BCUT2D eigenvalue weighted by atomic mass is 32.1. The molecule has 0 aromatic rings. The van der Waals surface area contributed by atoms with Gasteiger partial charge in [-0.1, -0.05) is 0 Å². The fourth-order valence-corrected chi connectivity index (χ4v) is 4.34. The molecule has 0 aliphatic carbocycles. The zero-order valence-electron chi connectivity index (χ0n) is 17.6. The van der Waals surface area contributed by atoms with E-state index in [4.69, 9.17) is 0 Å². The molecule has 0 aromatic carbocycles. The van der Waals surface area contributed by atoms with Crippen LogP contribution in [0.2, 0.25) is 0 Å². The van der Waals surface area contributed by atoms with Crippen LogP contribution in [0.15, 0.2) is 4.99 Å². The Morgan fingerprint density at radius 2 is 1.61 bits per heavy atom. The first kappa shape index (κ1) is 23.4. The van der Waals surface area contributed by atoms with Gasteiger partial charge in [-0.3, -0.25) is 4.79 Å². The van der Waals surface area contributed by atoms with Gasteiger partial charge in [-0.2, -0.15) is 0 Å². The average Bonchev–Trinajstić information content (AvgIpc) is 2.65. The maximum Gasteiger partial charge on any atom is 0.307 e. The molecule has 0 spiro atoms. The molecule has 2 aliphatic rings. The van der Waals surface area contributed by atoms with Gasteiger partial charge in [0.25, 0.3) is 0 Å². The minimum Gasteiger partial charge on any atom is -0.481 e. The third-order valence-electron chi connectivity index (χ3n) is 5.95. The SMILES string of the molecule is CC(CC(CN1CCCN2CCN(C)CCCN(CC2)CC1)C(=O)O)N=C=S. The van der Waals surface area contributed by atoms with Crippen LogP contribution >= 0.6 is 12.2 Å².